The predicted molar refractivity (Wildman–Crippen MR) is 94.6 cm³/mol. The van der Waals surface area contributed by atoms with Crippen molar-refractivity contribution in [2.45, 2.75) is 26.7 Å². The minimum Gasteiger partial charge on any atom is -0.361 e. The topological polar surface area (TPSA) is 44.9 Å². The summed E-state index contributed by atoms with van der Waals surface area (Å²) in [6.45, 7) is 4.83. The van der Waals surface area contributed by atoms with E-state index in [0.717, 1.165) is 22.9 Å². The number of benzene rings is 2. The van der Waals surface area contributed by atoms with E-state index in [9.17, 15) is 4.79 Å². The molecule has 3 heteroatoms. The minimum absolute atomic E-state index is 0.0695. The Morgan fingerprint density at radius 3 is 2.78 bits per heavy atom. The Morgan fingerprint density at radius 1 is 1.13 bits per heavy atom. The molecule has 0 saturated heterocycles. The monoisotopic (exact) mass is 306 g/mol. The summed E-state index contributed by atoms with van der Waals surface area (Å²) in [4.78, 5) is 15.4. The maximum Gasteiger partial charge on any atom is 0.224 e. The molecule has 0 aliphatic rings. The fourth-order valence-electron chi connectivity index (χ4n) is 2.96. The number of fused-ring (bicyclic) bond motifs is 1. The van der Waals surface area contributed by atoms with Gasteiger partial charge in [0.1, 0.15) is 0 Å². The molecule has 118 valence electrons. The lowest BCUT2D eigenvalue weighted by atomic mass is 10.1. The lowest BCUT2D eigenvalue weighted by molar-refractivity contribution is -0.120. The summed E-state index contributed by atoms with van der Waals surface area (Å²) in [7, 11) is 0. The van der Waals surface area contributed by atoms with Gasteiger partial charge in [-0.15, -0.1) is 0 Å². The van der Waals surface area contributed by atoms with Gasteiger partial charge in [0, 0.05) is 23.6 Å². The maximum absolute atomic E-state index is 12.2. The van der Waals surface area contributed by atoms with E-state index < -0.39 is 0 Å². The average molecular weight is 306 g/mol. The van der Waals surface area contributed by atoms with E-state index in [2.05, 4.69) is 60.5 Å². The molecule has 0 saturated carbocycles. The minimum atomic E-state index is 0.0695. The van der Waals surface area contributed by atoms with E-state index in [-0.39, 0.29) is 5.91 Å². The molecule has 2 N–H and O–H groups in total. The molecule has 0 radical (unpaired) electrons. The zero-order valence-electron chi connectivity index (χ0n) is 13.6. The third-order valence-electron chi connectivity index (χ3n) is 4.18. The third kappa shape index (κ3) is 3.62. The molecule has 0 aliphatic heterocycles. The Morgan fingerprint density at radius 2 is 1.96 bits per heavy atom. The summed E-state index contributed by atoms with van der Waals surface area (Å²) in [6.07, 6.45) is 3.22. The number of hydrogen-bond acceptors (Lipinski definition) is 1. The Balaban J connectivity index is 1.57. The van der Waals surface area contributed by atoms with Gasteiger partial charge in [0.25, 0.3) is 0 Å². The van der Waals surface area contributed by atoms with E-state index in [0.29, 0.717) is 13.0 Å². The Hall–Kier alpha value is -2.55. The van der Waals surface area contributed by atoms with Crippen molar-refractivity contribution in [2.75, 3.05) is 6.54 Å². The summed E-state index contributed by atoms with van der Waals surface area (Å²) in [5.41, 5.74) is 5.89. The standard InChI is InChI=1S/C20H22N2O/c1-14-5-3-7-16(11-14)9-10-21-19(23)12-17-13-22-20-15(2)6-4-8-18(17)20/h3-8,11,13,22H,9-10,12H2,1-2H3,(H,21,23). The van der Waals surface area contributed by atoms with Crippen LogP contribution in [0.2, 0.25) is 0 Å². The van der Waals surface area contributed by atoms with Crippen LogP contribution in [0.5, 0.6) is 0 Å². The molecule has 1 aromatic heterocycles. The van der Waals surface area contributed by atoms with Crippen LogP contribution in [0.15, 0.2) is 48.7 Å². The number of para-hydroxylation sites is 1. The van der Waals surface area contributed by atoms with Crippen LogP contribution in [0.25, 0.3) is 10.9 Å². The van der Waals surface area contributed by atoms with Crippen molar-refractivity contribution in [3.63, 3.8) is 0 Å². The average Bonchev–Trinajstić information content (AvgIpc) is 2.92. The second-order valence-electron chi connectivity index (χ2n) is 6.08. The normalized spacial score (nSPS) is 10.9. The van der Waals surface area contributed by atoms with Gasteiger partial charge < -0.3 is 10.3 Å². The van der Waals surface area contributed by atoms with Gasteiger partial charge in [-0.1, -0.05) is 48.0 Å². The van der Waals surface area contributed by atoms with Crippen LogP contribution in [0.3, 0.4) is 0 Å². The summed E-state index contributed by atoms with van der Waals surface area (Å²) >= 11 is 0. The van der Waals surface area contributed by atoms with Gasteiger partial charge in [0.05, 0.1) is 6.42 Å². The molecular weight excluding hydrogens is 284 g/mol. The zero-order valence-corrected chi connectivity index (χ0v) is 13.6. The van der Waals surface area contributed by atoms with Crippen LogP contribution in [-0.4, -0.2) is 17.4 Å². The molecule has 0 bridgehead atoms. The van der Waals surface area contributed by atoms with Gasteiger partial charge >= 0.3 is 0 Å². The molecule has 0 atom stereocenters. The first kappa shape index (κ1) is 15.3. The highest BCUT2D eigenvalue weighted by atomic mass is 16.1. The van der Waals surface area contributed by atoms with Crippen molar-refractivity contribution in [1.29, 1.82) is 0 Å². The summed E-state index contributed by atoms with van der Waals surface area (Å²) in [5, 5.41) is 4.15. The summed E-state index contributed by atoms with van der Waals surface area (Å²) in [6, 6.07) is 14.6. The maximum atomic E-state index is 12.2. The molecular formula is C20H22N2O. The van der Waals surface area contributed by atoms with Crippen molar-refractivity contribution in [1.82, 2.24) is 10.3 Å². The number of carbonyl (C=O) groups is 1. The quantitative estimate of drug-likeness (QED) is 0.742. The van der Waals surface area contributed by atoms with Gasteiger partial charge in [-0.25, -0.2) is 0 Å². The second kappa shape index (κ2) is 6.69. The lowest BCUT2D eigenvalue weighted by Gasteiger charge is -2.06. The smallest absolute Gasteiger partial charge is 0.224 e. The molecule has 1 amide bonds. The highest BCUT2D eigenvalue weighted by Gasteiger charge is 2.09. The Kier molecular flexibility index (Phi) is 4.47. The van der Waals surface area contributed by atoms with Gasteiger partial charge in [-0.3, -0.25) is 4.79 Å². The molecule has 2 aromatic carbocycles. The third-order valence-corrected chi connectivity index (χ3v) is 4.18. The molecule has 3 nitrogen and oxygen atoms in total. The van der Waals surface area contributed by atoms with Crippen LogP contribution >= 0.6 is 0 Å². The number of aromatic nitrogens is 1. The van der Waals surface area contributed by atoms with Crippen LogP contribution < -0.4 is 5.32 Å². The first-order valence-electron chi connectivity index (χ1n) is 8.01. The van der Waals surface area contributed by atoms with Crippen LogP contribution in [0, 0.1) is 13.8 Å². The number of H-pyrrole nitrogens is 1. The van der Waals surface area contributed by atoms with Crippen LogP contribution in [0.1, 0.15) is 22.3 Å². The summed E-state index contributed by atoms with van der Waals surface area (Å²) < 4.78 is 0. The number of aryl methyl sites for hydroxylation is 2. The van der Waals surface area contributed by atoms with Crippen molar-refractivity contribution < 1.29 is 4.79 Å². The molecule has 3 rings (SSSR count). The van der Waals surface area contributed by atoms with E-state index in [1.54, 1.807) is 0 Å². The van der Waals surface area contributed by atoms with Crippen molar-refractivity contribution >= 4 is 16.8 Å². The first-order chi connectivity index (χ1) is 11.1. The number of aromatic amines is 1. The first-order valence-corrected chi connectivity index (χ1v) is 8.01. The van der Waals surface area contributed by atoms with E-state index in [1.807, 2.05) is 12.3 Å². The fraction of sp³-hybridized carbons (Fsp3) is 0.250. The molecule has 23 heavy (non-hydrogen) atoms. The number of rotatable bonds is 5. The SMILES string of the molecule is Cc1cccc(CCNC(=O)Cc2c[nH]c3c(C)cccc23)c1. The van der Waals surface area contributed by atoms with Crippen molar-refractivity contribution in [3.05, 3.63) is 70.9 Å². The van der Waals surface area contributed by atoms with Crippen LogP contribution in [0.4, 0.5) is 0 Å². The summed E-state index contributed by atoms with van der Waals surface area (Å²) in [5.74, 6) is 0.0695. The fourth-order valence-corrected chi connectivity index (χ4v) is 2.96. The molecule has 3 aromatic rings. The zero-order chi connectivity index (χ0) is 16.2. The highest BCUT2D eigenvalue weighted by molar-refractivity contribution is 5.90. The van der Waals surface area contributed by atoms with Gasteiger partial charge in [-0.2, -0.15) is 0 Å². The molecule has 0 spiro atoms. The Labute approximate surface area is 136 Å². The molecule has 0 unspecified atom stereocenters. The van der Waals surface area contributed by atoms with Crippen LogP contribution in [-0.2, 0) is 17.6 Å². The van der Waals surface area contributed by atoms with E-state index >= 15 is 0 Å². The Bertz CT molecular complexity index is 833. The van der Waals surface area contributed by atoms with Gasteiger partial charge in [0.15, 0.2) is 0 Å². The predicted octanol–water partition coefficient (Wildman–Crippen LogP) is 3.69. The second-order valence-corrected chi connectivity index (χ2v) is 6.08. The number of hydrogen-bond donors (Lipinski definition) is 2. The number of carbonyl (C=O) groups excluding carboxylic acids is 1. The number of nitrogens with one attached hydrogen (secondary N) is 2. The lowest BCUT2D eigenvalue weighted by Crippen LogP contribution is -2.27. The largest absolute Gasteiger partial charge is 0.361 e. The van der Waals surface area contributed by atoms with E-state index in [4.69, 9.17) is 0 Å². The highest BCUT2D eigenvalue weighted by Crippen LogP contribution is 2.21. The van der Waals surface area contributed by atoms with Gasteiger partial charge in [0.2, 0.25) is 5.91 Å². The van der Waals surface area contributed by atoms with Gasteiger partial charge in [-0.05, 0) is 37.0 Å². The molecule has 0 aliphatic carbocycles. The van der Waals surface area contributed by atoms with E-state index in [1.165, 1.54) is 16.7 Å². The molecule has 0 fully saturated rings. The number of amides is 1. The van der Waals surface area contributed by atoms with Crippen molar-refractivity contribution in [3.8, 4) is 0 Å². The molecule has 1 heterocycles. The van der Waals surface area contributed by atoms with Crippen molar-refractivity contribution in [2.24, 2.45) is 0 Å².